The molecule has 1 saturated heterocycles. The largest absolute Gasteiger partial charge is 0.392 e. The summed E-state index contributed by atoms with van der Waals surface area (Å²) in [6.07, 6.45) is 2.40. The highest BCUT2D eigenvalue weighted by molar-refractivity contribution is 5.28. The van der Waals surface area contributed by atoms with Crippen molar-refractivity contribution < 1.29 is 5.11 Å². The number of nitrogens with zero attached hydrogens (tertiary/aromatic N) is 2. The first-order valence-corrected chi connectivity index (χ1v) is 7.51. The number of nitrogen functional groups attached to an aromatic ring is 1. The molecule has 2 rings (SSSR count). The van der Waals surface area contributed by atoms with Crippen LogP contribution in [-0.4, -0.2) is 39.7 Å². The minimum Gasteiger partial charge on any atom is -0.392 e. The first kappa shape index (κ1) is 15.3. The van der Waals surface area contributed by atoms with Gasteiger partial charge in [-0.05, 0) is 64.8 Å². The lowest BCUT2D eigenvalue weighted by Gasteiger charge is -2.41. The summed E-state index contributed by atoms with van der Waals surface area (Å²) >= 11 is 0. The predicted molar refractivity (Wildman–Crippen MR) is 82.4 cm³/mol. The third-order valence-electron chi connectivity index (χ3n) is 4.28. The monoisotopic (exact) mass is 277 g/mol. The zero-order chi connectivity index (χ0) is 14.8. The van der Waals surface area contributed by atoms with Crippen LogP contribution < -0.4 is 5.73 Å². The van der Waals surface area contributed by atoms with E-state index in [1.54, 1.807) is 6.07 Å². The minimum absolute atomic E-state index is 0.228. The lowest BCUT2D eigenvalue weighted by molar-refractivity contribution is 0.0285. The number of hydrogen-bond acceptors (Lipinski definition) is 4. The molecule has 0 radical (unpaired) electrons. The van der Waals surface area contributed by atoms with E-state index < -0.39 is 0 Å². The van der Waals surface area contributed by atoms with E-state index in [4.69, 9.17) is 5.73 Å². The van der Waals surface area contributed by atoms with Crippen molar-refractivity contribution in [1.29, 1.82) is 0 Å². The Hall–Kier alpha value is -1.13. The second kappa shape index (κ2) is 6.10. The predicted octanol–water partition coefficient (Wildman–Crippen LogP) is 2.08. The van der Waals surface area contributed by atoms with Crippen molar-refractivity contribution in [3.63, 3.8) is 0 Å². The van der Waals surface area contributed by atoms with Gasteiger partial charge in [-0.3, -0.25) is 4.90 Å². The number of hydrogen-bond donors (Lipinski definition) is 2. The van der Waals surface area contributed by atoms with E-state index in [1.807, 2.05) is 12.1 Å². The molecule has 0 amide bonds. The third kappa shape index (κ3) is 3.93. The van der Waals surface area contributed by atoms with Gasteiger partial charge in [-0.25, -0.2) is 4.98 Å². The van der Waals surface area contributed by atoms with Gasteiger partial charge in [0.1, 0.15) is 5.82 Å². The zero-order valence-corrected chi connectivity index (χ0v) is 12.8. The van der Waals surface area contributed by atoms with Crippen LogP contribution in [0.1, 0.15) is 39.3 Å². The van der Waals surface area contributed by atoms with Crippen LogP contribution in [0, 0.1) is 5.92 Å². The minimum atomic E-state index is -0.314. The summed E-state index contributed by atoms with van der Waals surface area (Å²) in [4.78, 5) is 6.76. The summed E-state index contributed by atoms with van der Waals surface area (Å²) < 4.78 is 0. The van der Waals surface area contributed by atoms with Gasteiger partial charge in [-0.2, -0.15) is 0 Å². The first-order chi connectivity index (χ1) is 9.36. The average molecular weight is 277 g/mol. The van der Waals surface area contributed by atoms with Gasteiger partial charge in [0.25, 0.3) is 0 Å². The number of aliphatic hydroxyl groups excluding tert-OH is 1. The normalized spacial score (nSPS) is 20.0. The van der Waals surface area contributed by atoms with Crippen LogP contribution in [-0.2, 0) is 6.42 Å². The highest BCUT2D eigenvalue weighted by Crippen LogP contribution is 2.27. The molecule has 0 spiro atoms. The number of pyridine rings is 1. The topological polar surface area (TPSA) is 62.4 Å². The molecule has 0 aromatic carbocycles. The molecule has 1 aromatic heterocycles. The molecule has 4 heteroatoms. The highest BCUT2D eigenvalue weighted by atomic mass is 16.3. The Bertz CT molecular complexity index is 434. The molecular weight excluding hydrogens is 250 g/mol. The molecule has 1 unspecified atom stereocenters. The number of likely N-dealkylation sites (tertiary alicyclic amines) is 1. The number of piperidine rings is 1. The Balaban J connectivity index is 1.87. The highest BCUT2D eigenvalue weighted by Gasteiger charge is 2.30. The molecule has 0 aliphatic carbocycles. The van der Waals surface area contributed by atoms with E-state index in [0.29, 0.717) is 18.2 Å². The molecule has 1 fully saturated rings. The summed E-state index contributed by atoms with van der Waals surface area (Å²) in [6.45, 7) is 8.88. The van der Waals surface area contributed by atoms with Crippen LogP contribution in [0.4, 0.5) is 5.82 Å². The van der Waals surface area contributed by atoms with E-state index in [1.165, 1.54) is 0 Å². The summed E-state index contributed by atoms with van der Waals surface area (Å²) in [6, 6.07) is 5.61. The number of rotatable bonds is 3. The van der Waals surface area contributed by atoms with Crippen molar-refractivity contribution >= 4 is 5.82 Å². The Labute approximate surface area is 122 Å². The van der Waals surface area contributed by atoms with Gasteiger partial charge in [0.05, 0.1) is 6.10 Å². The maximum atomic E-state index is 10.4. The Kier molecular flexibility index (Phi) is 4.66. The van der Waals surface area contributed by atoms with Crippen molar-refractivity contribution in [2.24, 2.45) is 5.92 Å². The molecule has 0 bridgehead atoms. The Morgan fingerprint density at radius 3 is 2.55 bits per heavy atom. The molecule has 4 nitrogen and oxygen atoms in total. The summed E-state index contributed by atoms with van der Waals surface area (Å²) in [5.41, 5.74) is 6.79. The smallest absolute Gasteiger partial charge is 0.123 e. The fraction of sp³-hybridized carbons (Fsp3) is 0.688. The van der Waals surface area contributed by atoms with Crippen LogP contribution in [0.15, 0.2) is 18.2 Å². The van der Waals surface area contributed by atoms with Crippen LogP contribution in [0.25, 0.3) is 0 Å². The first-order valence-electron chi connectivity index (χ1n) is 7.51. The van der Waals surface area contributed by atoms with Crippen molar-refractivity contribution in [1.82, 2.24) is 9.88 Å². The van der Waals surface area contributed by atoms with Gasteiger partial charge in [0.15, 0.2) is 0 Å². The molecule has 3 N–H and O–H groups in total. The van der Waals surface area contributed by atoms with E-state index in [-0.39, 0.29) is 11.6 Å². The number of anilines is 1. The fourth-order valence-corrected chi connectivity index (χ4v) is 2.95. The Morgan fingerprint density at radius 1 is 1.35 bits per heavy atom. The molecule has 0 saturated carbocycles. The maximum Gasteiger partial charge on any atom is 0.123 e. The van der Waals surface area contributed by atoms with Gasteiger partial charge >= 0.3 is 0 Å². The van der Waals surface area contributed by atoms with Gasteiger partial charge in [0, 0.05) is 17.7 Å². The van der Waals surface area contributed by atoms with Crippen molar-refractivity contribution in [3.05, 3.63) is 23.9 Å². The van der Waals surface area contributed by atoms with E-state index in [0.717, 1.165) is 31.6 Å². The summed E-state index contributed by atoms with van der Waals surface area (Å²) in [7, 11) is 0. The molecule has 1 atom stereocenters. The van der Waals surface area contributed by atoms with Crippen LogP contribution in [0.3, 0.4) is 0 Å². The zero-order valence-electron chi connectivity index (χ0n) is 12.8. The molecular formula is C16H27N3O. The van der Waals surface area contributed by atoms with Gasteiger partial charge in [0.2, 0.25) is 0 Å². The maximum absolute atomic E-state index is 10.4. The van der Waals surface area contributed by atoms with E-state index in [2.05, 4.69) is 30.7 Å². The van der Waals surface area contributed by atoms with Crippen molar-refractivity contribution in [2.45, 2.75) is 51.7 Å². The molecule has 20 heavy (non-hydrogen) atoms. The number of aliphatic hydroxyl groups is 1. The standard InChI is InChI=1S/C16H27N3O/c1-16(2,3)19-9-7-12(8-10-19)14(20)11-13-5-4-6-15(17)18-13/h4-6,12,14,20H,7-11H2,1-3H3,(H2,17,18). The second-order valence-electron chi connectivity index (χ2n) is 6.82. The fourth-order valence-electron chi connectivity index (χ4n) is 2.95. The lowest BCUT2D eigenvalue weighted by atomic mass is 9.87. The van der Waals surface area contributed by atoms with Crippen molar-refractivity contribution in [2.75, 3.05) is 18.8 Å². The molecule has 1 aliphatic rings. The van der Waals surface area contributed by atoms with Crippen LogP contribution >= 0.6 is 0 Å². The van der Waals surface area contributed by atoms with Crippen molar-refractivity contribution in [3.8, 4) is 0 Å². The molecule has 1 aromatic rings. The number of nitrogens with two attached hydrogens (primary N) is 1. The number of aromatic nitrogens is 1. The lowest BCUT2D eigenvalue weighted by Crippen LogP contribution is -2.47. The van der Waals surface area contributed by atoms with Crippen LogP contribution in [0.2, 0.25) is 0 Å². The van der Waals surface area contributed by atoms with E-state index >= 15 is 0 Å². The molecule has 112 valence electrons. The van der Waals surface area contributed by atoms with Gasteiger partial charge < -0.3 is 10.8 Å². The SMILES string of the molecule is CC(C)(C)N1CCC(C(O)Cc2cccc(N)n2)CC1. The quantitative estimate of drug-likeness (QED) is 0.888. The third-order valence-corrected chi connectivity index (χ3v) is 4.28. The second-order valence-corrected chi connectivity index (χ2v) is 6.82. The Morgan fingerprint density at radius 2 is 2.00 bits per heavy atom. The summed E-state index contributed by atoms with van der Waals surface area (Å²) in [5, 5.41) is 10.4. The molecule has 1 aliphatic heterocycles. The average Bonchev–Trinajstić information content (AvgIpc) is 2.38. The van der Waals surface area contributed by atoms with E-state index in [9.17, 15) is 5.11 Å². The van der Waals surface area contributed by atoms with Crippen LogP contribution in [0.5, 0.6) is 0 Å². The molecule has 2 heterocycles. The summed E-state index contributed by atoms with van der Waals surface area (Å²) in [5.74, 6) is 0.897. The van der Waals surface area contributed by atoms with Gasteiger partial charge in [-0.1, -0.05) is 6.07 Å². The van der Waals surface area contributed by atoms with Gasteiger partial charge in [-0.15, -0.1) is 0 Å².